The second-order valence-corrected chi connectivity index (χ2v) is 7.85. The minimum Gasteiger partial charge on any atom is -0.478 e. The fourth-order valence-corrected chi connectivity index (χ4v) is 3.60. The summed E-state index contributed by atoms with van der Waals surface area (Å²) in [5.41, 5.74) is 5.90. The third kappa shape index (κ3) is 3.61. The van der Waals surface area contributed by atoms with Crippen molar-refractivity contribution in [1.29, 1.82) is 0 Å². The Morgan fingerprint density at radius 2 is 1.59 bits per heavy atom. The highest BCUT2D eigenvalue weighted by Gasteiger charge is 2.26. The van der Waals surface area contributed by atoms with Crippen molar-refractivity contribution in [3.8, 4) is 28.2 Å². The van der Waals surface area contributed by atoms with Crippen molar-refractivity contribution in [2.24, 2.45) is 0 Å². The third-order valence-corrected chi connectivity index (χ3v) is 5.53. The Balaban J connectivity index is 2.06. The Labute approximate surface area is 177 Å². The van der Waals surface area contributed by atoms with Crippen molar-refractivity contribution in [2.45, 2.75) is 13.8 Å². The third-order valence-electron chi connectivity index (χ3n) is 5.00. The van der Waals surface area contributed by atoms with Gasteiger partial charge in [-0.1, -0.05) is 64.5 Å². The van der Waals surface area contributed by atoms with Gasteiger partial charge in [-0.25, -0.2) is 9.48 Å². The second kappa shape index (κ2) is 7.68. The molecule has 1 heterocycles. The molecule has 0 atom stereocenters. The molecule has 5 heteroatoms. The van der Waals surface area contributed by atoms with Gasteiger partial charge in [0.1, 0.15) is 11.3 Å². The fraction of sp³-hybridized carbons (Fsp3) is 0.0833. The Kier molecular flexibility index (Phi) is 5.07. The van der Waals surface area contributed by atoms with Crippen LogP contribution in [0, 0.1) is 13.8 Å². The lowest BCUT2D eigenvalue weighted by molar-refractivity contribution is 0.0698. The molecule has 3 aromatic carbocycles. The number of benzene rings is 3. The first-order valence-electron chi connectivity index (χ1n) is 9.21. The number of halogens is 1. The molecule has 1 aromatic heterocycles. The lowest BCUT2D eigenvalue weighted by Gasteiger charge is -2.10. The quantitative estimate of drug-likeness (QED) is 0.400. The van der Waals surface area contributed by atoms with Crippen LogP contribution >= 0.6 is 15.9 Å². The topological polar surface area (TPSA) is 55.1 Å². The maximum atomic E-state index is 12.4. The highest BCUT2D eigenvalue weighted by atomic mass is 79.9. The Hall–Kier alpha value is -3.18. The summed E-state index contributed by atoms with van der Waals surface area (Å²) < 4.78 is 2.66. The van der Waals surface area contributed by atoms with E-state index in [9.17, 15) is 9.90 Å². The Morgan fingerprint density at radius 3 is 2.21 bits per heavy atom. The van der Waals surface area contributed by atoms with Crippen LogP contribution in [0.15, 0.2) is 77.3 Å². The van der Waals surface area contributed by atoms with E-state index in [1.54, 1.807) is 4.68 Å². The van der Waals surface area contributed by atoms with Crippen molar-refractivity contribution in [2.75, 3.05) is 0 Å². The molecular formula is C24H19BrN2O2. The van der Waals surface area contributed by atoms with E-state index in [-0.39, 0.29) is 5.56 Å². The van der Waals surface area contributed by atoms with Gasteiger partial charge in [0, 0.05) is 15.6 Å². The summed E-state index contributed by atoms with van der Waals surface area (Å²) in [7, 11) is 0. The van der Waals surface area contributed by atoms with Crippen molar-refractivity contribution >= 4 is 21.9 Å². The number of aryl methyl sites for hydroxylation is 2. The van der Waals surface area contributed by atoms with Gasteiger partial charge in [0.15, 0.2) is 0 Å². The van der Waals surface area contributed by atoms with Crippen LogP contribution in [-0.4, -0.2) is 20.9 Å². The minimum atomic E-state index is -1.00. The van der Waals surface area contributed by atoms with Gasteiger partial charge in [-0.05, 0) is 49.2 Å². The molecule has 0 aliphatic rings. The molecule has 0 aliphatic heterocycles. The summed E-state index contributed by atoms with van der Waals surface area (Å²) in [6, 6.07) is 23.1. The summed E-state index contributed by atoms with van der Waals surface area (Å²) in [5, 5.41) is 14.9. The van der Waals surface area contributed by atoms with Gasteiger partial charge in [0.25, 0.3) is 0 Å². The Bertz CT molecular complexity index is 1200. The number of carboxylic acid groups (broad SMARTS) is 1. The second-order valence-electron chi connectivity index (χ2n) is 6.93. The van der Waals surface area contributed by atoms with E-state index in [2.05, 4.69) is 22.9 Å². The smallest absolute Gasteiger partial charge is 0.340 e. The monoisotopic (exact) mass is 446 g/mol. The van der Waals surface area contributed by atoms with Crippen LogP contribution in [0.1, 0.15) is 21.5 Å². The molecule has 0 saturated carbocycles. The largest absolute Gasteiger partial charge is 0.478 e. The summed E-state index contributed by atoms with van der Waals surface area (Å²) in [4.78, 5) is 12.4. The molecule has 4 aromatic rings. The summed E-state index contributed by atoms with van der Waals surface area (Å²) in [6.07, 6.45) is 0. The van der Waals surface area contributed by atoms with Crippen molar-refractivity contribution in [3.63, 3.8) is 0 Å². The Morgan fingerprint density at radius 1 is 0.897 bits per heavy atom. The van der Waals surface area contributed by atoms with Crippen LogP contribution in [-0.2, 0) is 0 Å². The van der Waals surface area contributed by atoms with Gasteiger partial charge in [0.05, 0.1) is 11.4 Å². The molecule has 0 spiro atoms. The number of carbonyl (C=O) groups is 1. The molecule has 0 aliphatic carbocycles. The van der Waals surface area contributed by atoms with Crippen molar-refractivity contribution in [1.82, 2.24) is 9.78 Å². The highest BCUT2D eigenvalue weighted by Crippen LogP contribution is 2.35. The lowest BCUT2D eigenvalue weighted by atomic mass is 10.0. The molecule has 0 amide bonds. The van der Waals surface area contributed by atoms with Gasteiger partial charge >= 0.3 is 5.97 Å². The summed E-state index contributed by atoms with van der Waals surface area (Å²) >= 11 is 3.43. The molecule has 1 N–H and O–H groups in total. The first kappa shape index (κ1) is 19.2. The van der Waals surface area contributed by atoms with Crippen molar-refractivity contribution in [3.05, 3.63) is 94.0 Å². The van der Waals surface area contributed by atoms with Crippen LogP contribution in [0.25, 0.3) is 28.2 Å². The maximum absolute atomic E-state index is 12.4. The molecule has 4 rings (SSSR count). The van der Waals surface area contributed by atoms with E-state index < -0.39 is 5.97 Å². The number of aromatic carboxylic acids is 1. The van der Waals surface area contributed by atoms with Gasteiger partial charge in [0.2, 0.25) is 0 Å². The molecular weight excluding hydrogens is 428 g/mol. The lowest BCUT2D eigenvalue weighted by Crippen LogP contribution is -2.03. The number of nitrogens with zero attached hydrogens (tertiary/aromatic N) is 2. The number of hydrogen-bond donors (Lipinski definition) is 1. The average molecular weight is 447 g/mol. The number of carboxylic acids is 1. The number of aromatic nitrogens is 2. The van der Waals surface area contributed by atoms with Crippen LogP contribution in [0.2, 0.25) is 0 Å². The van der Waals surface area contributed by atoms with E-state index in [4.69, 9.17) is 5.10 Å². The molecule has 144 valence electrons. The molecule has 0 radical (unpaired) electrons. The zero-order valence-corrected chi connectivity index (χ0v) is 17.6. The first-order chi connectivity index (χ1) is 14.0. The zero-order valence-electron chi connectivity index (χ0n) is 16.1. The molecule has 0 unspecified atom stereocenters. The summed E-state index contributed by atoms with van der Waals surface area (Å²) in [6.45, 7) is 4.09. The number of hydrogen-bond acceptors (Lipinski definition) is 2. The van der Waals surface area contributed by atoms with Crippen LogP contribution in [0.5, 0.6) is 0 Å². The average Bonchev–Trinajstić information content (AvgIpc) is 3.12. The normalized spacial score (nSPS) is 10.9. The predicted molar refractivity (Wildman–Crippen MR) is 119 cm³/mol. The molecule has 29 heavy (non-hydrogen) atoms. The maximum Gasteiger partial charge on any atom is 0.340 e. The van der Waals surface area contributed by atoms with E-state index in [1.165, 1.54) is 5.56 Å². The van der Waals surface area contributed by atoms with Crippen LogP contribution in [0.4, 0.5) is 0 Å². The highest BCUT2D eigenvalue weighted by molar-refractivity contribution is 9.10. The van der Waals surface area contributed by atoms with Crippen LogP contribution < -0.4 is 0 Å². The van der Waals surface area contributed by atoms with Gasteiger partial charge in [-0.15, -0.1) is 0 Å². The minimum absolute atomic E-state index is 0.191. The van der Waals surface area contributed by atoms with E-state index in [1.807, 2.05) is 79.7 Å². The fourth-order valence-electron chi connectivity index (χ4n) is 3.34. The van der Waals surface area contributed by atoms with E-state index in [0.717, 1.165) is 26.9 Å². The SMILES string of the molecule is Cc1ccc(-n2nc(-c3ccc(Br)cc3)c(C(=O)O)c2-c2ccccc2)cc1C. The van der Waals surface area contributed by atoms with Gasteiger partial charge in [-0.3, -0.25) is 0 Å². The first-order valence-corrected chi connectivity index (χ1v) is 10.0. The van der Waals surface area contributed by atoms with Gasteiger partial charge < -0.3 is 5.11 Å². The van der Waals surface area contributed by atoms with E-state index in [0.29, 0.717) is 11.4 Å². The van der Waals surface area contributed by atoms with Crippen molar-refractivity contribution < 1.29 is 9.90 Å². The summed E-state index contributed by atoms with van der Waals surface area (Å²) in [5.74, 6) is -1.00. The van der Waals surface area contributed by atoms with E-state index >= 15 is 0 Å². The van der Waals surface area contributed by atoms with Gasteiger partial charge in [-0.2, -0.15) is 5.10 Å². The molecule has 0 fully saturated rings. The molecule has 0 saturated heterocycles. The zero-order chi connectivity index (χ0) is 20.5. The molecule has 0 bridgehead atoms. The number of rotatable bonds is 4. The molecule has 4 nitrogen and oxygen atoms in total. The van der Waals surface area contributed by atoms with Crippen LogP contribution in [0.3, 0.4) is 0 Å². The standard InChI is InChI=1S/C24H19BrN2O2/c1-15-8-13-20(14-16(15)2)27-23(18-6-4-3-5-7-18)21(24(28)29)22(26-27)17-9-11-19(25)12-10-17/h3-14H,1-2H3,(H,28,29). The predicted octanol–water partition coefficient (Wildman–Crippen LogP) is 6.28.